The zero-order valence-electron chi connectivity index (χ0n) is 10.6. The Morgan fingerprint density at radius 3 is 2.12 bits per heavy atom. The molecule has 1 fully saturated rings. The average molecular weight is 225 g/mol. The second-order valence-electron chi connectivity index (χ2n) is 5.18. The van der Waals surface area contributed by atoms with Gasteiger partial charge in [-0.3, -0.25) is 9.59 Å². The molecule has 1 aliphatic carbocycles. The molecular weight excluding hydrogens is 202 g/mol. The number of nitrogens with one attached hydrogen (secondary N) is 1. The van der Waals surface area contributed by atoms with E-state index >= 15 is 0 Å². The van der Waals surface area contributed by atoms with Crippen molar-refractivity contribution < 1.29 is 9.59 Å². The Hall–Kier alpha value is -0.860. The van der Waals surface area contributed by atoms with Crippen molar-refractivity contribution in [2.75, 3.05) is 0 Å². The molecule has 0 spiro atoms. The van der Waals surface area contributed by atoms with Gasteiger partial charge in [-0.15, -0.1) is 0 Å². The monoisotopic (exact) mass is 225 g/mol. The number of carbonyl (C=O) groups excluding carboxylic acids is 2. The smallest absolute Gasteiger partial charge is 0.287 e. The van der Waals surface area contributed by atoms with E-state index in [9.17, 15) is 9.59 Å². The third kappa shape index (κ3) is 3.62. The summed E-state index contributed by atoms with van der Waals surface area (Å²) < 4.78 is 0. The summed E-state index contributed by atoms with van der Waals surface area (Å²) in [6.45, 7) is 5.53. The molecule has 0 aromatic carbocycles. The molecule has 1 atom stereocenters. The highest BCUT2D eigenvalue weighted by atomic mass is 16.2. The third-order valence-corrected chi connectivity index (χ3v) is 3.46. The Morgan fingerprint density at radius 2 is 1.62 bits per heavy atom. The van der Waals surface area contributed by atoms with Crippen LogP contribution in [0.5, 0.6) is 0 Å². The third-order valence-electron chi connectivity index (χ3n) is 3.46. The van der Waals surface area contributed by atoms with Gasteiger partial charge in [0, 0.05) is 12.0 Å². The second-order valence-corrected chi connectivity index (χ2v) is 5.18. The molecule has 0 aliphatic heterocycles. The largest absolute Gasteiger partial charge is 0.347 e. The number of hydrogen-bond donors (Lipinski definition) is 1. The molecule has 1 saturated carbocycles. The Balaban J connectivity index is 2.40. The molecule has 0 heterocycles. The molecule has 0 radical (unpaired) electrons. The predicted molar refractivity (Wildman–Crippen MR) is 64.0 cm³/mol. The summed E-state index contributed by atoms with van der Waals surface area (Å²) in [5, 5.41) is 2.84. The molecule has 1 rings (SSSR count). The molecule has 3 nitrogen and oxygen atoms in total. The minimum atomic E-state index is -0.409. The van der Waals surface area contributed by atoms with Crippen LogP contribution in [0.15, 0.2) is 0 Å². The van der Waals surface area contributed by atoms with Crippen molar-refractivity contribution in [3.63, 3.8) is 0 Å². The van der Waals surface area contributed by atoms with E-state index in [1.54, 1.807) is 13.8 Å². The fourth-order valence-corrected chi connectivity index (χ4v) is 2.29. The van der Waals surface area contributed by atoms with Crippen LogP contribution in [0.1, 0.15) is 52.9 Å². The van der Waals surface area contributed by atoms with Crippen molar-refractivity contribution in [2.45, 2.75) is 58.9 Å². The van der Waals surface area contributed by atoms with Gasteiger partial charge < -0.3 is 5.32 Å². The van der Waals surface area contributed by atoms with Crippen molar-refractivity contribution in [2.24, 2.45) is 11.8 Å². The molecule has 1 unspecified atom stereocenters. The van der Waals surface area contributed by atoms with Gasteiger partial charge >= 0.3 is 0 Å². The zero-order chi connectivity index (χ0) is 12.1. The topological polar surface area (TPSA) is 46.2 Å². The van der Waals surface area contributed by atoms with E-state index in [1.165, 1.54) is 32.1 Å². The maximum atomic E-state index is 11.6. The van der Waals surface area contributed by atoms with Crippen LogP contribution in [0.2, 0.25) is 0 Å². The van der Waals surface area contributed by atoms with Gasteiger partial charge in [-0.25, -0.2) is 0 Å². The summed E-state index contributed by atoms with van der Waals surface area (Å²) in [4.78, 5) is 23.0. The van der Waals surface area contributed by atoms with Crippen molar-refractivity contribution in [1.29, 1.82) is 0 Å². The lowest BCUT2D eigenvalue weighted by Crippen LogP contribution is -2.43. The lowest BCUT2D eigenvalue weighted by Gasteiger charge is -2.28. The van der Waals surface area contributed by atoms with Gasteiger partial charge in [-0.2, -0.15) is 0 Å². The first-order valence-electron chi connectivity index (χ1n) is 6.37. The highest BCUT2D eigenvalue weighted by Gasteiger charge is 2.24. The maximum Gasteiger partial charge on any atom is 0.287 e. The summed E-state index contributed by atoms with van der Waals surface area (Å²) in [7, 11) is 0. The number of amides is 1. The highest BCUT2D eigenvalue weighted by Crippen LogP contribution is 2.26. The molecule has 1 aliphatic rings. The molecule has 3 heteroatoms. The molecule has 0 saturated heterocycles. The van der Waals surface area contributed by atoms with Crippen LogP contribution in [-0.2, 0) is 9.59 Å². The summed E-state index contributed by atoms with van der Waals surface area (Å²) >= 11 is 0. The predicted octanol–water partition coefficient (Wildman–Crippen LogP) is 2.30. The minimum absolute atomic E-state index is 0.135. The highest BCUT2D eigenvalue weighted by molar-refractivity contribution is 6.36. The van der Waals surface area contributed by atoms with Crippen LogP contribution in [0.4, 0.5) is 0 Å². The molecular formula is C13H23NO2. The molecule has 0 aromatic rings. The van der Waals surface area contributed by atoms with Crippen molar-refractivity contribution in [3.8, 4) is 0 Å². The van der Waals surface area contributed by atoms with Crippen LogP contribution >= 0.6 is 0 Å². The second kappa shape index (κ2) is 6.02. The van der Waals surface area contributed by atoms with E-state index in [1.807, 2.05) is 6.92 Å². The van der Waals surface area contributed by atoms with Gasteiger partial charge in [0.25, 0.3) is 5.91 Å². The zero-order valence-corrected chi connectivity index (χ0v) is 10.6. The van der Waals surface area contributed by atoms with Gasteiger partial charge in [-0.05, 0) is 25.7 Å². The molecule has 0 bridgehead atoms. The van der Waals surface area contributed by atoms with Gasteiger partial charge in [0.05, 0.1) is 0 Å². The first kappa shape index (κ1) is 13.2. The quantitative estimate of drug-likeness (QED) is 0.746. The van der Waals surface area contributed by atoms with Crippen LogP contribution in [0.25, 0.3) is 0 Å². The Labute approximate surface area is 98.0 Å². The number of Topliss-reactive ketones (excluding diaryl/α,β-unsaturated/α-hetero) is 1. The maximum absolute atomic E-state index is 11.6. The van der Waals surface area contributed by atoms with Crippen molar-refractivity contribution in [3.05, 3.63) is 0 Å². The standard InChI is InChI=1S/C13H23NO2/c1-9(2)12(15)13(16)14-10(3)11-7-5-4-6-8-11/h9-11H,4-8H2,1-3H3,(H,14,16). The number of rotatable bonds is 4. The molecule has 16 heavy (non-hydrogen) atoms. The first-order valence-corrected chi connectivity index (χ1v) is 6.37. The van der Waals surface area contributed by atoms with E-state index in [0.29, 0.717) is 5.92 Å². The van der Waals surface area contributed by atoms with Gasteiger partial charge in [0.2, 0.25) is 5.78 Å². The van der Waals surface area contributed by atoms with Crippen LogP contribution in [0, 0.1) is 11.8 Å². The van der Waals surface area contributed by atoms with Crippen LogP contribution in [0.3, 0.4) is 0 Å². The van der Waals surface area contributed by atoms with Gasteiger partial charge in [0.15, 0.2) is 0 Å². The number of hydrogen-bond acceptors (Lipinski definition) is 2. The van der Waals surface area contributed by atoms with E-state index < -0.39 is 5.91 Å². The first-order chi connectivity index (χ1) is 7.52. The van der Waals surface area contributed by atoms with Gasteiger partial charge in [-0.1, -0.05) is 33.1 Å². The fraction of sp³-hybridized carbons (Fsp3) is 0.846. The van der Waals surface area contributed by atoms with Crippen LogP contribution < -0.4 is 5.32 Å². The van der Waals surface area contributed by atoms with E-state index in [-0.39, 0.29) is 17.7 Å². The fourth-order valence-electron chi connectivity index (χ4n) is 2.29. The lowest BCUT2D eigenvalue weighted by molar-refractivity contribution is -0.140. The lowest BCUT2D eigenvalue weighted by atomic mass is 9.84. The molecule has 1 amide bonds. The summed E-state index contributed by atoms with van der Waals surface area (Å²) in [5.74, 6) is -0.369. The number of carbonyl (C=O) groups is 2. The molecule has 1 N–H and O–H groups in total. The minimum Gasteiger partial charge on any atom is -0.347 e. The average Bonchev–Trinajstić information content (AvgIpc) is 2.28. The Morgan fingerprint density at radius 1 is 1.06 bits per heavy atom. The molecule has 92 valence electrons. The van der Waals surface area contributed by atoms with Crippen molar-refractivity contribution >= 4 is 11.7 Å². The Kier molecular flexibility index (Phi) is 4.97. The normalized spacial score (nSPS) is 19.5. The summed E-state index contributed by atoms with van der Waals surface area (Å²) in [6, 6.07) is 0.135. The Bertz CT molecular complexity index is 255. The van der Waals surface area contributed by atoms with E-state index in [4.69, 9.17) is 0 Å². The van der Waals surface area contributed by atoms with E-state index in [0.717, 1.165) is 0 Å². The van der Waals surface area contributed by atoms with Crippen LogP contribution in [-0.4, -0.2) is 17.7 Å². The van der Waals surface area contributed by atoms with Crippen molar-refractivity contribution in [1.82, 2.24) is 5.32 Å². The summed E-state index contributed by atoms with van der Waals surface area (Å²) in [5.41, 5.74) is 0. The van der Waals surface area contributed by atoms with E-state index in [2.05, 4.69) is 5.32 Å². The number of ketones is 1. The van der Waals surface area contributed by atoms with Gasteiger partial charge in [0.1, 0.15) is 0 Å². The molecule has 0 aromatic heterocycles. The summed E-state index contributed by atoms with van der Waals surface area (Å²) in [6.07, 6.45) is 6.17. The SMILES string of the molecule is CC(C)C(=O)C(=O)NC(C)C1CCCCC1.